The molecule has 18 heteroatoms. The number of carbonyl (C=O) groups excluding carboxylic acids is 1. The zero-order valence-electron chi connectivity index (χ0n) is 19.9. The van der Waals surface area contributed by atoms with Gasteiger partial charge in [0.05, 0.1) is 29.7 Å². The number of nitrogens with zero attached hydrogens (tertiary/aromatic N) is 4. The molecule has 0 saturated heterocycles. The molecule has 4 rings (SSSR count). The van der Waals surface area contributed by atoms with Gasteiger partial charge >= 0.3 is 6.18 Å². The van der Waals surface area contributed by atoms with Gasteiger partial charge in [-0.25, -0.2) is 26.7 Å². The van der Waals surface area contributed by atoms with E-state index in [-0.39, 0.29) is 36.7 Å². The molecule has 1 unspecified atom stereocenters. The van der Waals surface area contributed by atoms with E-state index < -0.39 is 52.6 Å². The van der Waals surface area contributed by atoms with E-state index in [1.54, 1.807) is 0 Å². The topological polar surface area (TPSA) is 137 Å². The number of carbonyl (C=O) groups is 1. The number of aromatic nitrogens is 3. The molecule has 10 nitrogen and oxygen atoms in total. The van der Waals surface area contributed by atoms with Gasteiger partial charge in [-0.3, -0.25) is 4.79 Å². The number of aliphatic hydroxyl groups excluding tert-OH is 2. The van der Waals surface area contributed by atoms with Gasteiger partial charge in [-0.05, 0) is 24.3 Å². The molecule has 3 N–H and O–H groups in total. The van der Waals surface area contributed by atoms with Crippen molar-refractivity contribution < 1.29 is 45.4 Å². The molecule has 40 heavy (non-hydrogen) atoms. The van der Waals surface area contributed by atoms with Crippen LogP contribution in [0.25, 0.3) is 16.9 Å². The number of nitrogens with one attached hydrogen (secondary N) is 1. The molecule has 0 aliphatic carbocycles. The van der Waals surface area contributed by atoms with Crippen molar-refractivity contribution in [3.8, 4) is 11.3 Å². The van der Waals surface area contributed by atoms with Gasteiger partial charge in [0.25, 0.3) is 22.4 Å². The molecule has 0 saturated carbocycles. The van der Waals surface area contributed by atoms with Gasteiger partial charge < -0.3 is 15.5 Å². The molecule has 214 valence electrons. The van der Waals surface area contributed by atoms with E-state index in [9.17, 15) is 40.3 Å². The molecule has 0 bridgehead atoms. The summed E-state index contributed by atoms with van der Waals surface area (Å²) in [5, 5.41) is 24.8. The number of hydrogen-bond acceptors (Lipinski definition) is 8. The van der Waals surface area contributed by atoms with Crippen molar-refractivity contribution in [1.29, 1.82) is 0 Å². The predicted octanol–water partition coefficient (Wildman–Crippen LogP) is 4.25. The number of aliphatic hydroxyl groups is 2. The molecule has 3 heterocycles. The Hall–Kier alpha value is -3.22. The van der Waals surface area contributed by atoms with Gasteiger partial charge in [0.15, 0.2) is 5.65 Å². The molecular weight excluding hydrogens is 609 g/mol. The van der Waals surface area contributed by atoms with Crippen LogP contribution >= 0.6 is 22.9 Å². The Balaban J connectivity index is 1.71. The maximum Gasteiger partial charge on any atom is 0.416 e. The highest BCUT2D eigenvalue weighted by Gasteiger charge is 2.31. The molecule has 0 aliphatic rings. The zero-order valence-corrected chi connectivity index (χ0v) is 22.3. The molecule has 1 atom stereocenters. The van der Waals surface area contributed by atoms with Crippen LogP contribution in [0.3, 0.4) is 0 Å². The summed E-state index contributed by atoms with van der Waals surface area (Å²) in [7, 11) is -3.30. The van der Waals surface area contributed by atoms with E-state index in [1.165, 1.54) is 0 Å². The van der Waals surface area contributed by atoms with Gasteiger partial charge in [0.1, 0.15) is 26.0 Å². The number of thiophene rings is 1. The van der Waals surface area contributed by atoms with Crippen LogP contribution in [0.1, 0.15) is 28.0 Å². The summed E-state index contributed by atoms with van der Waals surface area (Å²) in [6, 6.07) is 5.54. The fourth-order valence-corrected chi connectivity index (χ4v) is 6.47. The van der Waals surface area contributed by atoms with E-state index in [4.69, 9.17) is 16.7 Å². The first-order valence-corrected chi connectivity index (χ1v) is 13.5. The quantitative estimate of drug-likeness (QED) is 0.197. The van der Waals surface area contributed by atoms with E-state index >= 15 is 0 Å². The number of likely N-dealkylation sites (N-methyl/N-ethyl adjacent to an activating group) is 1. The maximum absolute atomic E-state index is 13.8. The summed E-state index contributed by atoms with van der Waals surface area (Å²) < 4.78 is 92.4. The first-order valence-electron chi connectivity index (χ1n) is 10.9. The number of halogens is 6. The van der Waals surface area contributed by atoms with Crippen LogP contribution in [0.2, 0.25) is 4.34 Å². The minimum absolute atomic E-state index is 0.0647. The van der Waals surface area contributed by atoms with Crippen molar-refractivity contribution in [1.82, 2.24) is 18.9 Å². The van der Waals surface area contributed by atoms with Crippen molar-refractivity contribution in [2.75, 3.05) is 19.0 Å². The van der Waals surface area contributed by atoms with E-state index in [1.807, 2.05) is 0 Å². The molecule has 3 aromatic heterocycles. The summed E-state index contributed by atoms with van der Waals surface area (Å²) in [5.41, 5.74) is -2.58. The van der Waals surface area contributed by atoms with Crippen molar-refractivity contribution in [2.45, 2.75) is 23.0 Å². The minimum Gasteiger partial charge on any atom is -0.392 e. The van der Waals surface area contributed by atoms with Crippen molar-refractivity contribution in [2.24, 2.45) is 0 Å². The number of sulfonamides is 1. The largest absolute Gasteiger partial charge is 0.416 e. The second-order valence-corrected chi connectivity index (χ2v) is 12.0. The van der Waals surface area contributed by atoms with Crippen LogP contribution in [0.15, 0.2) is 46.8 Å². The molecule has 0 radical (unpaired) electrons. The SMILES string of the molecule is CN(C(O)CO)S(=O)(=O)c1cc(NC(=O)c2cnn3c(C(F)F)cc(-c4ccc(C(F)(F)F)cc4)nc23)c(Cl)s1. The monoisotopic (exact) mass is 625 g/mol. The molecular formula is C22H17ClF5N5O5S2. The molecule has 1 amide bonds. The lowest BCUT2D eigenvalue weighted by Crippen LogP contribution is -2.38. The third-order valence-electron chi connectivity index (χ3n) is 5.60. The van der Waals surface area contributed by atoms with Crippen molar-refractivity contribution >= 4 is 50.2 Å². The molecule has 0 spiro atoms. The third-order valence-corrected chi connectivity index (χ3v) is 9.27. The fourth-order valence-electron chi connectivity index (χ4n) is 3.45. The Kier molecular flexibility index (Phi) is 8.17. The van der Waals surface area contributed by atoms with Crippen LogP contribution in [0, 0.1) is 0 Å². The predicted molar refractivity (Wildman–Crippen MR) is 134 cm³/mol. The molecule has 0 fully saturated rings. The smallest absolute Gasteiger partial charge is 0.392 e. The van der Waals surface area contributed by atoms with Gasteiger partial charge in [0, 0.05) is 12.6 Å². The Morgan fingerprint density at radius 2 is 1.88 bits per heavy atom. The lowest BCUT2D eigenvalue weighted by Gasteiger charge is -2.20. The Morgan fingerprint density at radius 1 is 1.23 bits per heavy atom. The van der Waals surface area contributed by atoms with E-state index in [2.05, 4.69) is 15.4 Å². The Morgan fingerprint density at radius 3 is 2.45 bits per heavy atom. The highest BCUT2D eigenvalue weighted by Crippen LogP contribution is 2.37. The minimum atomic E-state index is -4.61. The fraction of sp³-hybridized carbons (Fsp3) is 0.227. The second-order valence-electron chi connectivity index (χ2n) is 8.13. The lowest BCUT2D eigenvalue weighted by molar-refractivity contribution is -0.137. The van der Waals surface area contributed by atoms with E-state index in [0.717, 1.165) is 49.6 Å². The third kappa shape index (κ3) is 5.65. The number of hydrogen-bond donors (Lipinski definition) is 3. The Labute approximate surface area is 231 Å². The number of fused-ring (bicyclic) bond motifs is 1. The van der Waals surface area contributed by atoms with Crippen LogP contribution in [0.5, 0.6) is 0 Å². The number of amides is 1. The molecule has 1 aromatic carbocycles. The summed E-state index contributed by atoms with van der Waals surface area (Å²) in [5.74, 6) is -0.959. The summed E-state index contributed by atoms with van der Waals surface area (Å²) in [4.78, 5) is 17.2. The normalized spacial score (nSPS) is 13.4. The van der Waals surface area contributed by atoms with Crippen LogP contribution in [0.4, 0.5) is 27.6 Å². The van der Waals surface area contributed by atoms with Gasteiger partial charge in [-0.1, -0.05) is 23.7 Å². The molecule has 0 aliphatic heterocycles. The zero-order chi connectivity index (χ0) is 29.6. The average molecular weight is 626 g/mol. The van der Waals surface area contributed by atoms with Crippen LogP contribution < -0.4 is 5.32 Å². The highest BCUT2D eigenvalue weighted by molar-refractivity contribution is 7.91. The number of rotatable bonds is 8. The first kappa shape index (κ1) is 29.8. The van der Waals surface area contributed by atoms with Gasteiger partial charge in [-0.2, -0.15) is 22.6 Å². The lowest BCUT2D eigenvalue weighted by atomic mass is 10.1. The van der Waals surface area contributed by atoms with Crippen molar-refractivity contribution in [3.05, 3.63) is 63.8 Å². The van der Waals surface area contributed by atoms with Gasteiger partial charge in [-0.15, -0.1) is 11.3 Å². The van der Waals surface area contributed by atoms with Crippen LogP contribution in [-0.2, 0) is 16.2 Å². The summed E-state index contributed by atoms with van der Waals surface area (Å²) in [6.45, 7) is -0.880. The summed E-state index contributed by atoms with van der Waals surface area (Å²) >= 11 is 6.64. The highest BCUT2D eigenvalue weighted by atomic mass is 35.5. The number of alkyl halides is 5. The van der Waals surface area contributed by atoms with Gasteiger partial charge in [0.2, 0.25) is 0 Å². The van der Waals surface area contributed by atoms with Crippen LogP contribution in [-0.4, -0.2) is 63.3 Å². The standard InChI is InChI=1S/C22H17ClF5N5O5S2/c1-32(16(35)9-34)40(37,38)17-7-14(18(23)39-17)31-21(36)12-8-29-33-15(19(24)25)6-13(30-20(12)33)10-2-4-11(5-3-10)22(26,27)28/h2-8,16,19,34-35H,9H2,1H3,(H,31,36). The average Bonchev–Trinajstić information content (AvgIpc) is 3.50. The number of anilines is 1. The maximum atomic E-state index is 13.8. The van der Waals surface area contributed by atoms with E-state index in [0.29, 0.717) is 20.2 Å². The second kappa shape index (κ2) is 11.0. The Bertz CT molecular complexity index is 1680. The first-order chi connectivity index (χ1) is 18.6. The number of benzene rings is 1. The molecule has 4 aromatic rings. The summed E-state index contributed by atoms with van der Waals surface area (Å²) in [6.07, 6.45) is -8.52. The van der Waals surface area contributed by atoms with Crippen molar-refractivity contribution in [3.63, 3.8) is 0 Å².